The van der Waals surface area contributed by atoms with Crippen LogP contribution in [0.1, 0.15) is 34.1 Å². The number of hydrogen-bond donors (Lipinski definition) is 1. The van der Waals surface area contributed by atoms with E-state index in [9.17, 15) is 18.0 Å². The molecule has 2 aromatic rings. The van der Waals surface area contributed by atoms with Gasteiger partial charge < -0.3 is 10.2 Å². The average molecular weight is 354 g/mol. The van der Waals surface area contributed by atoms with Crippen LogP contribution in [0.4, 0.5) is 13.2 Å². The number of aryl methyl sites for hydroxylation is 1. The molecule has 1 heterocycles. The minimum atomic E-state index is -4.67. The van der Waals surface area contributed by atoms with E-state index < -0.39 is 23.3 Å². The molecule has 1 N–H and O–H groups in total. The van der Waals surface area contributed by atoms with Crippen molar-refractivity contribution in [1.82, 2.24) is 20.0 Å². The topological polar surface area (TPSA) is 50.2 Å². The van der Waals surface area contributed by atoms with Crippen molar-refractivity contribution in [2.24, 2.45) is 7.05 Å². The molecule has 136 valence electrons. The predicted molar refractivity (Wildman–Crippen MR) is 87.8 cm³/mol. The van der Waals surface area contributed by atoms with Crippen molar-refractivity contribution in [3.63, 3.8) is 0 Å². The predicted octanol–water partition coefficient (Wildman–Crippen LogP) is 2.82. The first-order valence-electron chi connectivity index (χ1n) is 7.86. The van der Waals surface area contributed by atoms with Crippen LogP contribution in [0.15, 0.2) is 30.5 Å². The number of hydrogen-bond acceptors (Lipinski definition) is 3. The van der Waals surface area contributed by atoms with Crippen molar-refractivity contribution in [2.45, 2.75) is 26.2 Å². The zero-order chi connectivity index (χ0) is 18.6. The second-order valence-corrected chi connectivity index (χ2v) is 5.90. The van der Waals surface area contributed by atoms with Gasteiger partial charge in [0.05, 0.1) is 5.56 Å². The van der Waals surface area contributed by atoms with E-state index in [1.54, 1.807) is 0 Å². The second-order valence-electron chi connectivity index (χ2n) is 5.90. The molecule has 0 atom stereocenters. The number of nitrogens with one attached hydrogen (secondary N) is 1. The van der Waals surface area contributed by atoms with E-state index in [0.717, 1.165) is 35.1 Å². The van der Waals surface area contributed by atoms with Crippen LogP contribution in [0, 0.1) is 0 Å². The first-order valence-corrected chi connectivity index (χ1v) is 7.86. The largest absolute Gasteiger partial charge is 0.435 e. The normalized spacial score (nSPS) is 11.8. The third kappa shape index (κ3) is 5.06. The maximum Gasteiger partial charge on any atom is 0.435 e. The summed E-state index contributed by atoms with van der Waals surface area (Å²) in [5, 5.41) is 5.87. The van der Waals surface area contributed by atoms with E-state index in [2.05, 4.69) is 22.2 Å². The Morgan fingerprint density at radius 3 is 2.64 bits per heavy atom. The van der Waals surface area contributed by atoms with E-state index >= 15 is 0 Å². The highest BCUT2D eigenvalue weighted by molar-refractivity contribution is 5.95. The molecule has 8 heteroatoms. The summed E-state index contributed by atoms with van der Waals surface area (Å²) in [6, 6.07) is 7.59. The van der Waals surface area contributed by atoms with Gasteiger partial charge in [-0.1, -0.05) is 31.2 Å². The third-order valence-corrected chi connectivity index (χ3v) is 3.78. The van der Waals surface area contributed by atoms with Crippen LogP contribution < -0.4 is 5.32 Å². The Morgan fingerprint density at radius 2 is 2.00 bits per heavy atom. The van der Waals surface area contributed by atoms with Crippen molar-refractivity contribution >= 4 is 5.91 Å². The smallest absolute Gasteiger partial charge is 0.348 e. The van der Waals surface area contributed by atoms with Crippen molar-refractivity contribution in [3.8, 4) is 0 Å². The zero-order valence-electron chi connectivity index (χ0n) is 14.4. The van der Waals surface area contributed by atoms with Gasteiger partial charge in [-0.3, -0.25) is 9.48 Å². The molecule has 0 saturated heterocycles. The first kappa shape index (κ1) is 19.0. The molecule has 0 bridgehead atoms. The van der Waals surface area contributed by atoms with Gasteiger partial charge in [0.25, 0.3) is 5.91 Å². The molecule has 0 aliphatic rings. The summed E-state index contributed by atoms with van der Waals surface area (Å²) in [5.74, 6) is -0.795. The molecule has 0 radical (unpaired) electrons. The first-order chi connectivity index (χ1) is 11.7. The van der Waals surface area contributed by atoms with Gasteiger partial charge in [-0.25, -0.2) is 0 Å². The van der Waals surface area contributed by atoms with Gasteiger partial charge in [0.2, 0.25) is 0 Å². The minimum Gasteiger partial charge on any atom is -0.348 e. The SMILES string of the molecule is CCN(C)Cc1cccc(CNC(=O)c2cn(C)nc2C(F)(F)F)c1. The van der Waals surface area contributed by atoms with Crippen molar-refractivity contribution < 1.29 is 18.0 Å². The molecule has 5 nitrogen and oxygen atoms in total. The van der Waals surface area contributed by atoms with Crippen LogP contribution >= 0.6 is 0 Å². The fourth-order valence-corrected chi connectivity index (χ4v) is 2.40. The van der Waals surface area contributed by atoms with Gasteiger partial charge in [-0.15, -0.1) is 0 Å². The number of benzene rings is 1. The highest BCUT2D eigenvalue weighted by Gasteiger charge is 2.38. The standard InChI is InChI=1S/C17H21F3N4O/c1-4-23(2)10-13-7-5-6-12(8-13)9-21-16(25)14-11-24(3)22-15(14)17(18,19)20/h5-8,11H,4,9-10H2,1-3H3,(H,21,25). The fraction of sp³-hybridized carbons (Fsp3) is 0.412. The van der Waals surface area contributed by atoms with Crippen LogP contribution in [0.3, 0.4) is 0 Å². The summed E-state index contributed by atoms with van der Waals surface area (Å²) in [6.45, 7) is 3.87. The lowest BCUT2D eigenvalue weighted by atomic mass is 10.1. The van der Waals surface area contributed by atoms with Gasteiger partial charge >= 0.3 is 6.18 Å². The molecule has 0 spiro atoms. The number of nitrogens with zero attached hydrogens (tertiary/aromatic N) is 3. The lowest BCUT2D eigenvalue weighted by Crippen LogP contribution is -2.25. The van der Waals surface area contributed by atoms with Crippen LogP contribution in [0.5, 0.6) is 0 Å². The highest BCUT2D eigenvalue weighted by atomic mass is 19.4. The Labute approximate surface area is 144 Å². The number of carbonyl (C=O) groups excluding carboxylic acids is 1. The Balaban J connectivity index is 2.07. The molecule has 0 aliphatic carbocycles. The van der Waals surface area contributed by atoms with Crippen LogP contribution in [-0.2, 0) is 26.3 Å². The molecule has 1 aromatic heterocycles. The molecule has 0 aliphatic heterocycles. The third-order valence-electron chi connectivity index (χ3n) is 3.78. The van der Waals surface area contributed by atoms with E-state index in [0.29, 0.717) is 0 Å². The molecule has 0 unspecified atom stereocenters. The maximum atomic E-state index is 12.9. The number of aromatic nitrogens is 2. The molecule has 0 fully saturated rings. The summed E-state index contributed by atoms with van der Waals surface area (Å²) in [7, 11) is 3.34. The number of carbonyl (C=O) groups is 1. The monoisotopic (exact) mass is 354 g/mol. The van der Waals surface area contributed by atoms with E-state index in [1.807, 2.05) is 31.3 Å². The average Bonchev–Trinajstić information content (AvgIpc) is 2.95. The Kier molecular flexibility index (Phi) is 5.84. The minimum absolute atomic E-state index is 0.148. The van der Waals surface area contributed by atoms with Crippen molar-refractivity contribution in [1.29, 1.82) is 0 Å². The fourth-order valence-electron chi connectivity index (χ4n) is 2.40. The van der Waals surface area contributed by atoms with Gasteiger partial charge in [0.1, 0.15) is 0 Å². The van der Waals surface area contributed by atoms with Gasteiger partial charge in [0.15, 0.2) is 5.69 Å². The van der Waals surface area contributed by atoms with E-state index in [4.69, 9.17) is 0 Å². The van der Waals surface area contributed by atoms with Crippen LogP contribution in [0.25, 0.3) is 0 Å². The van der Waals surface area contributed by atoms with Crippen molar-refractivity contribution in [2.75, 3.05) is 13.6 Å². The second kappa shape index (κ2) is 7.69. The Hall–Kier alpha value is -2.35. The molecular weight excluding hydrogens is 333 g/mol. The molecule has 1 aromatic carbocycles. The quantitative estimate of drug-likeness (QED) is 0.868. The Bertz CT molecular complexity index is 740. The van der Waals surface area contributed by atoms with Crippen molar-refractivity contribution in [3.05, 3.63) is 52.8 Å². The van der Waals surface area contributed by atoms with Gasteiger partial charge in [-0.05, 0) is 24.7 Å². The lowest BCUT2D eigenvalue weighted by molar-refractivity contribution is -0.141. The van der Waals surface area contributed by atoms with Gasteiger partial charge in [-0.2, -0.15) is 18.3 Å². The summed E-state index contributed by atoms with van der Waals surface area (Å²) < 4.78 is 39.8. The van der Waals surface area contributed by atoms with Crippen LogP contribution in [-0.4, -0.2) is 34.2 Å². The summed E-state index contributed by atoms with van der Waals surface area (Å²) in [4.78, 5) is 14.3. The number of amides is 1. The van der Waals surface area contributed by atoms with Crippen LogP contribution in [0.2, 0.25) is 0 Å². The van der Waals surface area contributed by atoms with E-state index in [1.165, 1.54) is 7.05 Å². The summed E-state index contributed by atoms with van der Waals surface area (Å²) in [5.41, 5.74) is 0.254. The molecule has 25 heavy (non-hydrogen) atoms. The highest BCUT2D eigenvalue weighted by Crippen LogP contribution is 2.30. The lowest BCUT2D eigenvalue weighted by Gasteiger charge is -2.14. The molecule has 2 rings (SSSR count). The Morgan fingerprint density at radius 1 is 1.32 bits per heavy atom. The molecular formula is C17H21F3N4O. The van der Waals surface area contributed by atoms with E-state index in [-0.39, 0.29) is 6.54 Å². The zero-order valence-corrected chi connectivity index (χ0v) is 14.4. The molecule has 0 saturated carbocycles. The maximum absolute atomic E-state index is 12.9. The summed E-state index contributed by atoms with van der Waals surface area (Å²) >= 11 is 0. The van der Waals surface area contributed by atoms with Gasteiger partial charge in [0, 0.05) is 26.3 Å². The number of halogens is 3. The number of rotatable bonds is 6. The number of alkyl halides is 3. The molecule has 1 amide bonds. The summed E-state index contributed by atoms with van der Waals surface area (Å²) in [6.07, 6.45) is -3.59.